The van der Waals surface area contributed by atoms with Gasteiger partial charge in [-0.2, -0.15) is 0 Å². The number of para-hydroxylation sites is 1. The fraction of sp³-hybridized carbons (Fsp3) is 0.233. The lowest BCUT2D eigenvalue weighted by molar-refractivity contribution is 0.00435. The van der Waals surface area contributed by atoms with Gasteiger partial charge in [0.1, 0.15) is 17.0 Å². The molecule has 2 unspecified atom stereocenters. The van der Waals surface area contributed by atoms with Gasteiger partial charge in [0.15, 0.2) is 0 Å². The predicted molar refractivity (Wildman–Crippen MR) is 148 cm³/mol. The second kappa shape index (κ2) is 10.2. The maximum Gasteiger partial charge on any atom is 0.217 e. The Morgan fingerprint density at radius 2 is 1.86 bits per heavy atom. The third kappa shape index (κ3) is 4.87. The molecule has 5 nitrogen and oxygen atoms in total. The number of methoxy groups -OCH3 is 1. The zero-order valence-corrected chi connectivity index (χ0v) is 22.5. The van der Waals surface area contributed by atoms with E-state index >= 15 is 0 Å². The van der Waals surface area contributed by atoms with E-state index < -0.39 is 11.5 Å². The first-order valence-electron chi connectivity index (χ1n) is 12.0. The van der Waals surface area contributed by atoms with Gasteiger partial charge in [-0.3, -0.25) is 0 Å². The minimum absolute atomic E-state index is 0.348. The maximum atomic E-state index is 14.7. The molecule has 0 spiro atoms. The van der Waals surface area contributed by atoms with Gasteiger partial charge in [0.05, 0.1) is 18.9 Å². The molecule has 0 saturated heterocycles. The van der Waals surface area contributed by atoms with Crippen LogP contribution in [0, 0.1) is 5.82 Å². The van der Waals surface area contributed by atoms with Crippen molar-refractivity contribution in [3.05, 3.63) is 106 Å². The van der Waals surface area contributed by atoms with Crippen LogP contribution in [0.1, 0.15) is 29.0 Å². The van der Waals surface area contributed by atoms with Gasteiger partial charge in [0.2, 0.25) is 5.88 Å². The van der Waals surface area contributed by atoms with E-state index in [1.807, 2.05) is 73.6 Å². The highest BCUT2D eigenvalue weighted by molar-refractivity contribution is 9.10. The van der Waals surface area contributed by atoms with Gasteiger partial charge >= 0.3 is 0 Å². The molecule has 2 heterocycles. The number of hydrogen-bond donors (Lipinski definition) is 1. The van der Waals surface area contributed by atoms with Crippen LogP contribution in [0.4, 0.5) is 4.39 Å². The molecule has 2 atom stereocenters. The van der Waals surface area contributed by atoms with Crippen molar-refractivity contribution in [2.24, 2.45) is 0 Å². The van der Waals surface area contributed by atoms with Gasteiger partial charge in [-0.25, -0.2) is 9.37 Å². The van der Waals surface area contributed by atoms with Crippen LogP contribution in [-0.4, -0.2) is 42.7 Å². The fourth-order valence-corrected chi connectivity index (χ4v) is 5.46. The maximum absolute atomic E-state index is 14.7. The Morgan fingerprint density at radius 3 is 2.62 bits per heavy atom. The van der Waals surface area contributed by atoms with E-state index in [1.54, 1.807) is 19.4 Å². The lowest BCUT2D eigenvalue weighted by Crippen LogP contribution is -2.38. The number of benzene rings is 3. The van der Waals surface area contributed by atoms with Gasteiger partial charge in [-0.05, 0) is 68.5 Å². The smallest absolute Gasteiger partial charge is 0.217 e. The highest BCUT2D eigenvalue weighted by atomic mass is 79.9. The summed E-state index contributed by atoms with van der Waals surface area (Å²) >= 11 is 3.55. The van der Waals surface area contributed by atoms with Crippen LogP contribution in [0.5, 0.6) is 5.88 Å². The number of nitrogens with zero attached hydrogens (tertiary/aromatic N) is 2. The molecular weight excluding hydrogens is 535 g/mol. The summed E-state index contributed by atoms with van der Waals surface area (Å²) in [7, 11) is 5.48. The van der Waals surface area contributed by atoms with Crippen molar-refractivity contribution in [3.63, 3.8) is 0 Å². The zero-order valence-electron chi connectivity index (χ0n) is 20.9. The highest BCUT2D eigenvalue weighted by Crippen LogP contribution is 2.49. The highest BCUT2D eigenvalue weighted by Gasteiger charge is 2.44. The van der Waals surface area contributed by atoms with Crippen molar-refractivity contribution in [2.45, 2.75) is 17.9 Å². The van der Waals surface area contributed by atoms with Gasteiger partial charge in [-0.15, -0.1) is 0 Å². The Balaban J connectivity index is 1.85. The number of hydrogen-bond acceptors (Lipinski definition) is 5. The van der Waals surface area contributed by atoms with E-state index in [9.17, 15) is 9.50 Å². The number of aliphatic hydroxyl groups is 1. The van der Waals surface area contributed by atoms with E-state index in [1.165, 1.54) is 12.1 Å². The Hall–Kier alpha value is -3.26. The number of pyridine rings is 1. The molecule has 0 aliphatic carbocycles. The van der Waals surface area contributed by atoms with Crippen LogP contribution in [0.3, 0.4) is 0 Å². The fourth-order valence-electron chi connectivity index (χ4n) is 5.08. The summed E-state index contributed by atoms with van der Waals surface area (Å²) in [5.41, 5.74) is 1.75. The molecule has 0 radical (unpaired) electrons. The number of ether oxygens (including phenoxy) is 1. The van der Waals surface area contributed by atoms with Crippen LogP contribution in [0.2, 0.25) is 0 Å². The molecular formula is C30H28BrFN2O3. The standard InChI is InChI=1S/C30H28BrFN2O3/c1-34(2)14-13-30(35,25-9-5-6-19-12-15-37-28(19)25)27(20-7-4-8-23(32)17-20)24-18-21-16-22(31)10-11-26(21)33-29(24)36-3/h4-12,15-18,27,35H,13-14H2,1-3H3. The molecule has 7 heteroatoms. The second-order valence-corrected chi connectivity index (χ2v) is 10.4. The summed E-state index contributed by atoms with van der Waals surface area (Å²) in [5, 5.41) is 14.6. The quantitative estimate of drug-likeness (QED) is 0.224. The third-order valence-electron chi connectivity index (χ3n) is 6.82. The lowest BCUT2D eigenvalue weighted by atomic mass is 9.71. The lowest BCUT2D eigenvalue weighted by Gasteiger charge is -2.38. The number of fused-ring (bicyclic) bond motifs is 2. The summed E-state index contributed by atoms with van der Waals surface area (Å²) in [6, 6.07) is 21.8. The Bertz CT molecular complexity index is 1570. The molecule has 0 fully saturated rings. The number of halogens is 2. The van der Waals surface area contributed by atoms with Crippen LogP contribution in [0.25, 0.3) is 21.9 Å². The van der Waals surface area contributed by atoms with Gasteiger partial charge in [-0.1, -0.05) is 46.3 Å². The first kappa shape index (κ1) is 25.4. The summed E-state index contributed by atoms with van der Waals surface area (Å²) in [5.74, 6) is -0.729. The van der Waals surface area contributed by atoms with Gasteiger partial charge in [0.25, 0.3) is 0 Å². The molecule has 37 heavy (non-hydrogen) atoms. The average Bonchev–Trinajstić information content (AvgIpc) is 3.36. The first-order chi connectivity index (χ1) is 17.8. The molecule has 0 aliphatic heterocycles. The minimum Gasteiger partial charge on any atom is -0.481 e. The van der Waals surface area contributed by atoms with Crippen LogP contribution in [0.15, 0.2) is 87.9 Å². The van der Waals surface area contributed by atoms with E-state index in [2.05, 4.69) is 15.9 Å². The summed E-state index contributed by atoms with van der Waals surface area (Å²) < 4.78 is 27.3. The van der Waals surface area contributed by atoms with Crippen molar-refractivity contribution in [1.82, 2.24) is 9.88 Å². The Labute approximate surface area is 223 Å². The number of aromatic nitrogens is 1. The summed E-state index contributed by atoms with van der Waals surface area (Å²) in [6.45, 7) is 0.578. The zero-order chi connectivity index (χ0) is 26.2. The third-order valence-corrected chi connectivity index (χ3v) is 7.31. The summed E-state index contributed by atoms with van der Waals surface area (Å²) in [6.07, 6.45) is 1.97. The monoisotopic (exact) mass is 562 g/mol. The molecule has 3 aromatic carbocycles. The molecule has 5 rings (SSSR count). The molecule has 0 saturated carbocycles. The largest absolute Gasteiger partial charge is 0.481 e. The number of rotatable bonds is 8. The minimum atomic E-state index is -1.50. The first-order valence-corrected chi connectivity index (χ1v) is 12.8. The van der Waals surface area contributed by atoms with E-state index in [4.69, 9.17) is 14.1 Å². The normalized spacial score (nSPS) is 14.2. The van der Waals surface area contributed by atoms with Crippen molar-refractivity contribution >= 4 is 37.8 Å². The molecule has 0 aliphatic rings. The van der Waals surface area contributed by atoms with Crippen molar-refractivity contribution in [1.29, 1.82) is 0 Å². The van der Waals surface area contributed by atoms with E-state index in [0.29, 0.717) is 41.1 Å². The molecule has 5 aromatic rings. The summed E-state index contributed by atoms with van der Waals surface area (Å²) in [4.78, 5) is 6.79. The van der Waals surface area contributed by atoms with Crippen LogP contribution in [-0.2, 0) is 5.60 Å². The molecule has 1 N–H and O–H groups in total. The van der Waals surface area contributed by atoms with Crippen molar-refractivity contribution < 1.29 is 18.7 Å². The SMILES string of the molecule is COc1nc2ccc(Br)cc2cc1C(c1cccc(F)c1)C(O)(CCN(C)C)c1cccc2ccoc12. The second-order valence-electron chi connectivity index (χ2n) is 9.53. The van der Waals surface area contributed by atoms with Crippen molar-refractivity contribution in [2.75, 3.05) is 27.7 Å². The topological polar surface area (TPSA) is 58.7 Å². The Morgan fingerprint density at radius 1 is 1.05 bits per heavy atom. The van der Waals surface area contributed by atoms with E-state index in [-0.39, 0.29) is 5.82 Å². The molecule has 0 bridgehead atoms. The van der Waals surface area contributed by atoms with Gasteiger partial charge in [0, 0.05) is 38.8 Å². The number of furan rings is 1. The Kier molecular flexibility index (Phi) is 7.03. The molecule has 190 valence electrons. The molecule has 0 amide bonds. The van der Waals surface area contributed by atoms with E-state index in [0.717, 1.165) is 20.8 Å². The van der Waals surface area contributed by atoms with Crippen LogP contribution >= 0.6 is 15.9 Å². The average molecular weight is 563 g/mol. The van der Waals surface area contributed by atoms with Crippen molar-refractivity contribution in [3.8, 4) is 5.88 Å². The molecule has 2 aromatic heterocycles. The predicted octanol–water partition coefficient (Wildman–Crippen LogP) is 6.86. The van der Waals surface area contributed by atoms with Crippen LogP contribution < -0.4 is 4.74 Å². The van der Waals surface area contributed by atoms with Gasteiger partial charge < -0.3 is 19.2 Å².